The molecule has 0 bridgehead atoms. The van der Waals surface area contributed by atoms with Crippen molar-refractivity contribution in [3.05, 3.63) is 47.3 Å². The highest BCUT2D eigenvalue weighted by Gasteiger charge is 2.07. The third kappa shape index (κ3) is 4.73. The molecule has 116 valence electrons. The molecule has 1 aromatic heterocycles. The Bertz CT molecular complexity index is 641. The summed E-state index contributed by atoms with van der Waals surface area (Å²) in [5.74, 6) is 1.00. The van der Waals surface area contributed by atoms with Gasteiger partial charge in [0.15, 0.2) is 5.16 Å². The van der Waals surface area contributed by atoms with Crippen molar-refractivity contribution >= 4 is 17.7 Å². The quantitative estimate of drug-likeness (QED) is 0.655. The number of carbonyl (C=O) groups is 1. The Morgan fingerprint density at radius 3 is 2.59 bits per heavy atom. The molecule has 5 nitrogen and oxygen atoms in total. The number of carbonyl (C=O) groups excluding carboxylic acids is 1. The highest BCUT2D eigenvalue weighted by Crippen LogP contribution is 2.17. The van der Waals surface area contributed by atoms with Gasteiger partial charge in [-0.05, 0) is 26.0 Å². The minimum atomic E-state index is -0.0568. The lowest BCUT2D eigenvalue weighted by Gasteiger charge is -2.09. The molecule has 0 spiro atoms. The standard InChI is InChI=1S/C16H19N3O2S/c1-11-8-12(2)19-16(18-11)22-10-15(20)17-9-13-6-4-5-7-14(13)21-3/h4-8H,9-10H2,1-3H3,(H,17,20). The van der Waals surface area contributed by atoms with Gasteiger partial charge in [0, 0.05) is 23.5 Å². The summed E-state index contributed by atoms with van der Waals surface area (Å²) < 4.78 is 5.26. The first-order valence-electron chi connectivity index (χ1n) is 6.92. The van der Waals surface area contributed by atoms with Gasteiger partial charge in [0.05, 0.1) is 12.9 Å². The van der Waals surface area contributed by atoms with Crippen molar-refractivity contribution in [2.45, 2.75) is 25.5 Å². The van der Waals surface area contributed by atoms with E-state index in [1.54, 1.807) is 7.11 Å². The molecule has 0 atom stereocenters. The zero-order valence-corrected chi connectivity index (χ0v) is 13.7. The van der Waals surface area contributed by atoms with Gasteiger partial charge in [0.2, 0.25) is 5.91 Å². The largest absolute Gasteiger partial charge is 0.496 e. The van der Waals surface area contributed by atoms with E-state index in [1.165, 1.54) is 11.8 Å². The maximum Gasteiger partial charge on any atom is 0.230 e. The third-order valence-corrected chi connectivity index (χ3v) is 3.81. The van der Waals surface area contributed by atoms with Gasteiger partial charge >= 0.3 is 0 Å². The summed E-state index contributed by atoms with van der Waals surface area (Å²) in [5, 5.41) is 3.51. The maximum absolute atomic E-state index is 11.9. The number of nitrogens with one attached hydrogen (secondary N) is 1. The molecule has 1 N–H and O–H groups in total. The van der Waals surface area contributed by atoms with Crippen LogP contribution in [0.1, 0.15) is 17.0 Å². The van der Waals surface area contributed by atoms with E-state index in [0.717, 1.165) is 22.7 Å². The first kappa shape index (κ1) is 16.3. The van der Waals surface area contributed by atoms with E-state index in [0.29, 0.717) is 11.7 Å². The van der Waals surface area contributed by atoms with Gasteiger partial charge in [-0.3, -0.25) is 4.79 Å². The van der Waals surface area contributed by atoms with Crippen molar-refractivity contribution in [3.8, 4) is 5.75 Å². The number of benzene rings is 1. The second-order valence-corrected chi connectivity index (χ2v) is 5.75. The van der Waals surface area contributed by atoms with Crippen molar-refractivity contribution in [1.29, 1.82) is 0 Å². The molecule has 0 saturated carbocycles. The minimum Gasteiger partial charge on any atom is -0.496 e. The Labute approximate surface area is 134 Å². The number of amides is 1. The summed E-state index contributed by atoms with van der Waals surface area (Å²) in [6.45, 7) is 4.28. The highest BCUT2D eigenvalue weighted by atomic mass is 32.2. The first-order chi connectivity index (χ1) is 10.6. The number of thioether (sulfide) groups is 1. The predicted octanol–water partition coefficient (Wildman–Crippen LogP) is 2.51. The van der Waals surface area contributed by atoms with Crippen LogP contribution in [0.15, 0.2) is 35.5 Å². The van der Waals surface area contributed by atoms with E-state index in [1.807, 2.05) is 44.2 Å². The zero-order chi connectivity index (χ0) is 15.9. The van der Waals surface area contributed by atoms with E-state index in [2.05, 4.69) is 15.3 Å². The number of hydrogen-bond acceptors (Lipinski definition) is 5. The SMILES string of the molecule is COc1ccccc1CNC(=O)CSc1nc(C)cc(C)n1. The van der Waals surface area contributed by atoms with E-state index < -0.39 is 0 Å². The molecule has 0 saturated heterocycles. The number of ether oxygens (including phenoxy) is 1. The molecule has 0 fully saturated rings. The van der Waals surface area contributed by atoms with E-state index in [4.69, 9.17) is 4.74 Å². The number of methoxy groups -OCH3 is 1. The number of nitrogens with zero attached hydrogens (tertiary/aromatic N) is 2. The molecule has 0 aliphatic rings. The van der Waals surface area contributed by atoms with Crippen molar-refractivity contribution in [2.24, 2.45) is 0 Å². The molecule has 0 unspecified atom stereocenters. The number of para-hydroxylation sites is 1. The lowest BCUT2D eigenvalue weighted by Crippen LogP contribution is -2.24. The third-order valence-electron chi connectivity index (χ3n) is 2.96. The van der Waals surface area contributed by atoms with E-state index in [-0.39, 0.29) is 11.7 Å². The van der Waals surface area contributed by atoms with Gasteiger partial charge in [-0.25, -0.2) is 9.97 Å². The molecule has 1 amide bonds. The molecular formula is C16H19N3O2S. The molecule has 2 aromatic rings. The summed E-state index contributed by atoms with van der Waals surface area (Å²) >= 11 is 1.34. The second kappa shape index (κ2) is 7.79. The van der Waals surface area contributed by atoms with E-state index in [9.17, 15) is 4.79 Å². The topological polar surface area (TPSA) is 64.1 Å². The smallest absolute Gasteiger partial charge is 0.230 e. The normalized spacial score (nSPS) is 10.3. The number of rotatable bonds is 6. The fourth-order valence-electron chi connectivity index (χ4n) is 1.98. The van der Waals surface area contributed by atoms with Crippen molar-refractivity contribution < 1.29 is 9.53 Å². The Kier molecular flexibility index (Phi) is 5.77. The van der Waals surface area contributed by atoms with Gasteiger partial charge < -0.3 is 10.1 Å². The molecule has 1 heterocycles. The van der Waals surface area contributed by atoms with Crippen LogP contribution in [0.25, 0.3) is 0 Å². The molecule has 1 aromatic carbocycles. The predicted molar refractivity (Wildman–Crippen MR) is 87.1 cm³/mol. The summed E-state index contributed by atoms with van der Waals surface area (Å²) in [5.41, 5.74) is 2.76. The van der Waals surface area contributed by atoms with Crippen LogP contribution in [-0.4, -0.2) is 28.7 Å². The lowest BCUT2D eigenvalue weighted by molar-refractivity contribution is -0.118. The van der Waals surface area contributed by atoms with Crippen LogP contribution in [-0.2, 0) is 11.3 Å². The van der Waals surface area contributed by atoms with Gasteiger partial charge in [-0.1, -0.05) is 30.0 Å². The molecule has 2 rings (SSSR count). The molecule has 6 heteroatoms. The average Bonchev–Trinajstić information content (AvgIpc) is 2.50. The molecule has 22 heavy (non-hydrogen) atoms. The number of hydrogen-bond donors (Lipinski definition) is 1. The van der Waals surface area contributed by atoms with Crippen LogP contribution in [0.4, 0.5) is 0 Å². The van der Waals surface area contributed by atoms with Crippen LogP contribution in [0.2, 0.25) is 0 Å². The highest BCUT2D eigenvalue weighted by molar-refractivity contribution is 7.99. The molecule has 0 aliphatic heterocycles. The van der Waals surface area contributed by atoms with Crippen LogP contribution in [0.3, 0.4) is 0 Å². The van der Waals surface area contributed by atoms with Gasteiger partial charge in [-0.15, -0.1) is 0 Å². The summed E-state index contributed by atoms with van der Waals surface area (Å²) in [6, 6.07) is 9.53. The Morgan fingerprint density at radius 2 is 1.91 bits per heavy atom. The van der Waals surface area contributed by atoms with Crippen LogP contribution in [0.5, 0.6) is 5.75 Å². The second-order valence-electron chi connectivity index (χ2n) is 4.81. The summed E-state index contributed by atoms with van der Waals surface area (Å²) in [4.78, 5) is 20.5. The summed E-state index contributed by atoms with van der Waals surface area (Å²) in [6.07, 6.45) is 0. The maximum atomic E-state index is 11.9. The van der Waals surface area contributed by atoms with Crippen LogP contribution in [0, 0.1) is 13.8 Å². The molecule has 0 aliphatic carbocycles. The van der Waals surface area contributed by atoms with Gasteiger partial charge in [-0.2, -0.15) is 0 Å². The van der Waals surface area contributed by atoms with Gasteiger partial charge in [0.1, 0.15) is 5.75 Å². The van der Waals surface area contributed by atoms with E-state index >= 15 is 0 Å². The number of aryl methyl sites for hydroxylation is 2. The fourth-order valence-corrected chi connectivity index (χ4v) is 2.76. The number of aromatic nitrogens is 2. The van der Waals surface area contributed by atoms with Crippen molar-refractivity contribution in [1.82, 2.24) is 15.3 Å². The Hall–Kier alpha value is -2.08. The first-order valence-corrected chi connectivity index (χ1v) is 7.90. The fraction of sp³-hybridized carbons (Fsp3) is 0.312. The zero-order valence-electron chi connectivity index (χ0n) is 12.9. The molecule has 0 radical (unpaired) electrons. The minimum absolute atomic E-state index is 0.0568. The monoisotopic (exact) mass is 317 g/mol. The van der Waals surface area contributed by atoms with Crippen LogP contribution < -0.4 is 10.1 Å². The van der Waals surface area contributed by atoms with Crippen LogP contribution >= 0.6 is 11.8 Å². The van der Waals surface area contributed by atoms with Gasteiger partial charge in [0.25, 0.3) is 0 Å². The Morgan fingerprint density at radius 1 is 1.23 bits per heavy atom. The van der Waals surface area contributed by atoms with Crippen molar-refractivity contribution in [2.75, 3.05) is 12.9 Å². The lowest BCUT2D eigenvalue weighted by atomic mass is 10.2. The average molecular weight is 317 g/mol. The van der Waals surface area contributed by atoms with Crippen molar-refractivity contribution in [3.63, 3.8) is 0 Å². The Balaban J connectivity index is 1.85. The summed E-state index contributed by atoms with van der Waals surface area (Å²) in [7, 11) is 1.62. The molecular weight excluding hydrogens is 298 g/mol.